The summed E-state index contributed by atoms with van der Waals surface area (Å²) in [5.41, 5.74) is 2.01. The highest BCUT2D eigenvalue weighted by molar-refractivity contribution is 7.10. The number of benzene rings is 2. The van der Waals surface area contributed by atoms with E-state index in [-0.39, 0.29) is 36.0 Å². The Morgan fingerprint density at radius 3 is 2.50 bits per heavy atom. The molecule has 0 radical (unpaired) electrons. The molecule has 0 saturated carbocycles. The van der Waals surface area contributed by atoms with Crippen molar-refractivity contribution in [2.75, 3.05) is 19.6 Å². The van der Waals surface area contributed by atoms with E-state index >= 15 is 0 Å². The van der Waals surface area contributed by atoms with E-state index < -0.39 is 4.92 Å². The molecule has 0 saturated heterocycles. The first-order chi connectivity index (χ1) is 17.2. The third kappa shape index (κ3) is 5.56. The maximum absolute atomic E-state index is 13.7. The van der Waals surface area contributed by atoms with Crippen LogP contribution in [0.5, 0.6) is 0 Å². The van der Waals surface area contributed by atoms with Crippen LogP contribution in [0.25, 0.3) is 0 Å². The zero-order valence-electron chi connectivity index (χ0n) is 19.8. The molecule has 1 atom stereocenters. The summed E-state index contributed by atoms with van der Waals surface area (Å²) in [6.07, 6.45) is 0.723. The van der Waals surface area contributed by atoms with Crippen LogP contribution >= 0.6 is 34.5 Å². The number of thiophene rings is 1. The van der Waals surface area contributed by atoms with Gasteiger partial charge in [-0.1, -0.05) is 43.1 Å². The number of carbonyl (C=O) groups is 2. The zero-order valence-corrected chi connectivity index (χ0v) is 22.1. The fourth-order valence-corrected chi connectivity index (χ4v) is 5.88. The Kier molecular flexibility index (Phi) is 7.97. The Bertz CT molecular complexity index is 1290. The lowest BCUT2D eigenvalue weighted by Crippen LogP contribution is -2.47. The van der Waals surface area contributed by atoms with Gasteiger partial charge in [-0.05, 0) is 59.2 Å². The molecule has 3 aromatic rings. The number of non-ortho nitro benzene ring substituents is 1. The highest BCUT2D eigenvalue weighted by Gasteiger charge is 2.35. The Hall–Kier alpha value is -2.94. The van der Waals surface area contributed by atoms with Crippen molar-refractivity contribution >= 4 is 52.0 Å². The first-order valence-corrected chi connectivity index (χ1v) is 13.1. The van der Waals surface area contributed by atoms with Crippen LogP contribution in [0.1, 0.15) is 46.3 Å². The maximum Gasteiger partial charge on any atom is 0.269 e. The second kappa shape index (κ2) is 11.0. The molecule has 1 aliphatic heterocycles. The van der Waals surface area contributed by atoms with E-state index in [2.05, 4.69) is 0 Å². The van der Waals surface area contributed by atoms with Crippen molar-refractivity contribution in [3.8, 4) is 0 Å². The van der Waals surface area contributed by atoms with Crippen molar-refractivity contribution < 1.29 is 14.5 Å². The molecule has 0 bridgehead atoms. The minimum atomic E-state index is -0.513. The summed E-state index contributed by atoms with van der Waals surface area (Å²) in [7, 11) is 0. The molecule has 2 heterocycles. The molecule has 4 rings (SSSR count). The number of nitro groups is 1. The van der Waals surface area contributed by atoms with Crippen LogP contribution < -0.4 is 0 Å². The summed E-state index contributed by atoms with van der Waals surface area (Å²) in [5.74, 6) is -0.425. The number of hydrogen-bond acceptors (Lipinski definition) is 5. The molecule has 0 aliphatic carbocycles. The molecule has 1 unspecified atom stereocenters. The normalized spacial score (nSPS) is 15.0. The molecule has 1 aromatic heterocycles. The third-order valence-corrected chi connectivity index (χ3v) is 7.63. The number of rotatable bonds is 7. The smallest absolute Gasteiger partial charge is 0.269 e. The van der Waals surface area contributed by atoms with Gasteiger partial charge in [0.15, 0.2) is 0 Å². The van der Waals surface area contributed by atoms with Crippen molar-refractivity contribution in [2.24, 2.45) is 5.92 Å². The predicted molar refractivity (Wildman–Crippen MR) is 142 cm³/mol. The van der Waals surface area contributed by atoms with Crippen molar-refractivity contribution in [1.29, 1.82) is 0 Å². The van der Waals surface area contributed by atoms with Gasteiger partial charge in [0.1, 0.15) is 6.54 Å². The molecule has 0 spiro atoms. The first kappa shape index (κ1) is 26.1. The molecule has 2 aromatic carbocycles. The second-order valence-electron chi connectivity index (χ2n) is 9.09. The first-order valence-electron chi connectivity index (χ1n) is 11.5. The van der Waals surface area contributed by atoms with Crippen molar-refractivity contribution in [2.45, 2.75) is 26.3 Å². The minimum Gasteiger partial charge on any atom is -0.330 e. The van der Waals surface area contributed by atoms with Gasteiger partial charge in [0.2, 0.25) is 5.91 Å². The zero-order chi connectivity index (χ0) is 26.0. The maximum atomic E-state index is 13.7. The van der Waals surface area contributed by atoms with E-state index in [0.717, 1.165) is 17.5 Å². The number of halogens is 2. The summed E-state index contributed by atoms with van der Waals surface area (Å²) < 4.78 is 0. The SMILES string of the molecule is CC(C)CN(CC(=O)N1CCc2sccc2C1c1ccc(Cl)cc1Cl)C(=O)c1ccc([N+](=O)[O-])cc1. The Labute approximate surface area is 223 Å². The van der Waals surface area contributed by atoms with E-state index in [1.54, 1.807) is 28.4 Å². The van der Waals surface area contributed by atoms with E-state index in [9.17, 15) is 19.7 Å². The van der Waals surface area contributed by atoms with Crippen molar-refractivity contribution in [1.82, 2.24) is 9.80 Å². The van der Waals surface area contributed by atoms with E-state index in [4.69, 9.17) is 23.2 Å². The number of hydrogen-bond donors (Lipinski definition) is 0. The van der Waals surface area contributed by atoms with Crippen LogP contribution in [0.2, 0.25) is 10.0 Å². The van der Waals surface area contributed by atoms with Gasteiger partial charge in [0.05, 0.1) is 11.0 Å². The fourth-order valence-electron chi connectivity index (χ4n) is 4.47. The highest BCUT2D eigenvalue weighted by atomic mass is 35.5. The summed E-state index contributed by atoms with van der Waals surface area (Å²) in [5, 5.41) is 14.0. The largest absolute Gasteiger partial charge is 0.330 e. The summed E-state index contributed by atoms with van der Waals surface area (Å²) >= 11 is 14.4. The molecule has 0 N–H and O–H groups in total. The fraction of sp³-hybridized carbons (Fsp3) is 0.308. The lowest BCUT2D eigenvalue weighted by Gasteiger charge is -2.38. The Morgan fingerprint density at radius 1 is 1.14 bits per heavy atom. The summed E-state index contributed by atoms with van der Waals surface area (Å²) in [6.45, 7) is 4.68. The van der Waals surface area contributed by atoms with Gasteiger partial charge >= 0.3 is 0 Å². The number of carbonyl (C=O) groups excluding carboxylic acids is 2. The highest BCUT2D eigenvalue weighted by Crippen LogP contribution is 2.41. The lowest BCUT2D eigenvalue weighted by atomic mass is 9.93. The van der Waals surface area contributed by atoms with Crippen LogP contribution in [0.3, 0.4) is 0 Å². The minimum absolute atomic E-state index is 0.0967. The van der Waals surface area contributed by atoms with Crippen molar-refractivity contribution in [3.63, 3.8) is 0 Å². The lowest BCUT2D eigenvalue weighted by molar-refractivity contribution is -0.384. The molecule has 36 heavy (non-hydrogen) atoms. The van der Waals surface area contributed by atoms with E-state index in [1.165, 1.54) is 34.0 Å². The van der Waals surface area contributed by atoms with Crippen molar-refractivity contribution in [3.05, 3.63) is 95.6 Å². The van der Waals surface area contributed by atoms with Crippen LogP contribution in [0, 0.1) is 16.0 Å². The van der Waals surface area contributed by atoms with Gasteiger partial charge < -0.3 is 9.80 Å². The molecule has 0 fully saturated rings. The molecule has 188 valence electrons. The molecular formula is C26H25Cl2N3O4S. The number of fused-ring (bicyclic) bond motifs is 1. The quantitative estimate of drug-likeness (QED) is 0.260. The summed E-state index contributed by atoms with van der Waals surface area (Å²) in [4.78, 5) is 42.0. The van der Waals surface area contributed by atoms with E-state index in [1.807, 2.05) is 31.4 Å². The van der Waals surface area contributed by atoms with E-state index in [0.29, 0.717) is 28.7 Å². The number of nitrogens with zero attached hydrogens (tertiary/aromatic N) is 3. The summed E-state index contributed by atoms with van der Waals surface area (Å²) in [6, 6.07) is 12.3. The molecule has 2 amide bonds. The number of nitro benzene ring substituents is 1. The molecule has 10 heteroatoms. The second-order valence-corrected chi connectivity index (χ2v) is 10.9. The Balaban J connectivity index is 1.63. The molecular weight excluding hydrogens is 521 g/mol. The van der Waals surface area contributed by atoms with Gasteiger partial charge in [-0.15, -0.1) is 11.3 Å². The van der Waals surface area contributed by atoms with Crippen LogP contribution in [-0.4, -0.2) is 46.2 Å². The van der Waals surface area contributed by atoms with Gasteiger partial charge in [0, 0.05) is 45.7 Å². The topological polar surface area (TPSA) is 83.8 Å². The Morgan fingerprint density at radius 2 is 1.86 bits per heavy atom. The monoisotopic (exact) mass is 545 g/mol. The van der Waals surface area contributed by atoms with Gasteiger partial charge in [-0.25, -0.2) is 0 Å². The van der Waals surface area contributed by atoms with Gasteiger partial charge in [0.25, 0.3) is 11.6 Å². The van der Waals surface area contributed by atoms with Crippen LogP contribution in [0.4, 0.5) is 5.69 Å². The van der Waals surface area contributed by atoms with Crippen LogP contribution in [-0.2, 0) is 11.2 Å². The predicted octanol–water partition coefficient (Wildman–Crippen LogP) is 6.24. The van der Waals surface area contributed by atoms with Gasteiger partial charge in [-0.3, -0.25) is 19.7 Å². The standard InChI is InChI=1S/C26H25Cl2N3O4S/c1-16(2)14-29(26(33)17-3-6-19(7-4-17)31(34)35)15-24(32)30-11-9-23-21(10-12-36-23)25(30)20-8-5-18(27)13-22(20)28/h3-8,10,12-13,16,25H,9,11,14-15H2,1-2H3. The van der Waals surface area contributed by atoms with Crippen LogP contribution in [0.15, 0.2) is 53.9 Å². The van der Waals surface area contributed by atoms with Gasteiger partial charge in [-0.2, -0.15) is 0 Å². The third-order valence-electron chi connectivity index (χ3n) is 6.07. The molecule has 1 aliphatic rings. The number of amides is 2. The average Bonchev–Trinajstić information content (AvgIpc) is 3.31. The molecule has 7 nitrogen and oxygen atoms in total. The average molecular weight is 546 g/mol.